The fourth-order valence-corrected chi connectivity index (χ4v) is 2.15. The van der Waals surface area contributed by atoms with Crippen molar-refractivity contribution in [1.29, 1.82) is 0 Å². The van der Waals surface area contributed by atoms with Gasteiger partial charge in [0.05, 0.1) is 12.2 Å². The SMILES string of the molecule is CCOc1ccccc1-c1nc(CC(C)C)cc(NN)n1. The normalized spacial score (nSPS) is 10.7. The van der Waals surface area contributed by atoms with Crippen LogP contribution in [0.3, 0.4) is 0 Å². The van der Waals surface area contributed by atoms with Gasteiger partial charge in [0.15, 0.2) is 5.82 Å². The largest absolute Gasteiger partial charge is 0.493 e. The van der Waals surface area contributed by atoms with E-state index in [1.54, 1.807) is 0 Å². The van der Waals surface area contributed by atoms with Crippen molar-refractivity contribution in [3.05, 3.63) is 36.0 Å². The van der Waals surface area contributed by atoms with Crippen molar-refractivity contribution in [2.24, 2.45) is 11.8 Å². The Hall–Kier alpha value is -2.14. The van der Waals surface area contributed by atoms with Gasteiger partial charge in [-0.05, 0) is 31.4 Å². The van der Waals surface area contributed by atoms with Crippen LogP contribution in [0.4, 0.5) is 5.82 Å². The maximum Gasteiger partial charge on any atom is 0.165 e. The molecule has 0 aliphatic carbocycles. The molecule has 1 aromatic carbocycles. The van der Waals surface area contributed by atoms with Crippen molar-refractivity contribution in [3.63, 3.8) is 0 Å². The summed E-state index contributed by atoms with van der Waals surface area (Å²) >= 11 is 0. The lowest BCUT2D eigenvalue weighted by atomic mass is 10.1. The smallest absolute Gasteiger partial charge is 0.165 e. The Labute approximate surface area is 125 Å². The molecule has 5 nitrogen and oxygen atoms in total. The predicted octanol–water partition coefficient (Wildman–Crippen LogP) is 3.03. The zero-order chi connectivity index (χ0) is 15.2. The molecule has 2 rings (SSSR count). The number of ether oxygens (including phenoxy) is 1. The highest BCUT2D eigenvalue weighted by molar-refractivity contribution is 5.65. The highest BCUT2D eigenvalue weighted by Crippen LogP contribution is 2.28. The second-order valence-electron chi connectivity index (χ2n) is 5.24. The summed E-state index contributed by atoms with van der Waals surface area (Å²) in [5.74, 6) is 8.06. The van der Waals surface area contributed by atoms with Gasteiger partial charge in [0, 0.05) is 11.8 Å². The highest BCUT2D eigenvalue weighted by atomic mass is 16.5. The molecule has 0 saturated carbocycles. The molecule has 2 aromatic rings. The molecule has 0 saturated heterocycles. The van der Waals surface area contributed by atoms with Gasteiger partial charge >= 0.3 is 0 Å². The predicted molar refractivity (Wildman–Crippen MR) is 85.0 cm³/mol. The first-order valence-corrected chi connectivity index (χ1v) is 7.20. The van der Waals surface area contributed by atoms with Crippen molar-refractivity contribution >= 4 is 5.82 Å². The number of hydrogen-bond acceptors (Lipinski definition) is 5. The van der Waals surface area contributed by atoms with E-state index in [1.807, 2.05) is 37.3 Å². The van der Waals surface area contributed by atoms with Crippen LogP contribution in [0.25, 0.3) is 11.4 Å². The molecule has 112 valence electrons. The van der Waals surface area contributed by atoms with Gasteiger partial charge in [0.25, 0.3) is 0 Å². The Morgan fingerprint density at radius 1 is 1.24 bits per heavy atom. The van der Waals surface area contributed by atoms with Crippen molar-refractivity contribution in [3.8, 4) is 17.1 Å². The molecule has 5 heteroatoms. The summed E-state index contributed by atoms with van der Waals surface area (Å²) in [6.45, 7) is 6.88. The van der Waals surface area contributed by atoms with Crippen LogP contribution in [0.5, 0.6) is 5.75 Å². The van der Waals surface area contributed by atoms with Crippen LogP contribution in [0.2, 0.25) is 0 Å². The van der Waals surface area contributed by atoms with Crippen molar-refractivity contribution in [1.82, 2.24) is 9.97 Å². The monoisotopic (exact) mass is 286 g/mol. The van der Waals surface area contributed by atoms with E-state index < -0.39 is 0 Å². The van der Waals surface area contributed by atoms with Gasteiger partial charge in [-0.2, -0.15) is 0 Å². The number of nitrogen functional groups attached to an aromatic ring is 1. The van der Waals surface area contributed by atoms with Crippen LogP contribution < -0.4 is 16.0 Å². The number of anilines is 1. The lowest BCUT2D eigenvalue weighted by molar-refractivity contribution is 0.341. The summed E-state index contributed by atoms with van der Waals surface area (Å²) < 4.78 is 5.65. The number of para-hydroxylation sites is 1. The van der Waals surface area contributed by atoms with Gasteiger partial charge in [-0.15, -0.1) is 0 Å². The minimum absolute atomic E-state index is 0.514. The van der Waals surface area contributed by atoms with Gasteiger partial charge in [-0.1, -0.05) is 26.0 Å². The molecule has 3 N–H and O–H groups in total. The van der Waals surface area contributed by atoms with Gasteiger partial charge in [0.2, 0.25) is 0 Å². The number of aromatic nitrogens is 2. The van der Waals surface area contributed by atoms with Crippen molar-refractivity contribution < 1.29 is 4.74 Å². The first kappa shape index (κ1) is 15.3. The minimum Gasteiger partial charge on any atom is -0.493 e. The van der Waals surface area contributed by atoms with E-state index in [9.17, 15) is 0 Å². The van der Waals surface area contributed by atoms with E-state index >= 15 is 0 Å². The third-order valence-electron chi connectivity index (χ3n) is 2.97. The Kier molecular flexibility index (Phi) is 5.11. The fourth-order valence-electron chi connectivity index (χ4n) is 2.15. The molecule has 0 radical (unpaired) electrons. The number of hydrazine groups is 1. The zero-order valence-electron chi connectivity index (χ0n) is 12.8. The van der Waals surface area contributed by atoms with Gasteiger partial charge in [-0.3, -0.25) is 0 Å². The summed E-state index contributed by atoms with van der Waals surface area (Å²) in [7, 11) is 0. The molecule has 0 atom stereocenters. The summed E-state index contributed by atoms with van der Waals surface area (Å²) in [5.41, 5.74) is 4.45. The summed E-state index contributed by atoms with van der Waals surface area (Å²) in [5, 5.41) is 0. The topological polar surface area (TPSA) is 73.1 Å². The molecule has 0 fully saturated rings. The minimum atomic E-state index is 0.514. The quantitative estimate of drug-likeness (QED) is 0.631. The summed E-state index contributed by atoms with van der Waals surface area (Å²) in [6.07, 6.45) is 0.876. The molecule has 1 heterocycles. The average Bonchev–Trinajstić information content (AvgIpc) is 2.47. The van der Waals surface area contributed by atoms with Crippen LogP contribution in [-0.4, -0.2) is 16.6 Å². The Bertz CT molecular complexity index is 599. The maximum atomic E-state index is 5.65. The van der Waals surface area contributed by atoms with Crippen LogP contribution in [0.15, 0.2) is 30.3 Å². The number of nitrogens with zero attached hydrogens (tertiary/aromatic N) is 2. The zero-order valence-corrected chi connectivity index (χ0v) is 12.8. The first-order valence-electron chi connectivity index (χ1n) is 7.20. The third kappa shape index (κ3) is 3.92. The standard InChI is InChI=1S/C16H22N4O/c1-4-21-14-8-6-5-7-13(14)16-18-12(9-11(2)3)10-15(19-16)20-17/h5-8,10-11H,4,9,17H2,1-3H3,(H,18,19,20). The van der Waals surface area contributed by atoms with Crippen LogP contribution in [-0.2, 0) is 6.42 Å². The maximum absolute atomic E-state index is 5.65. The Morgan fingerprint density at radius 3 is 2.67 bits per heavy atom. The number of benzene rings is 1. The molecule has 0 amide bonds. The van der Waals surface area contributed by atoms with Crippen LogP contribution in [0, 0.1) is 5.92 Å². The van der Waals surface area contributed by atoms with Crippen LogP contribution >= 0.6 is 0 Å². The molecule has 21 heavy (non-hydrogen) atoms. The lowest BCUT2D eigenvalue weighted by Crippen LogP contribution is -2.11. The molecule has 1 aromatic heterocycles. The molecule has 0 bridgehead atoms. The fraction of sp³-hybridized carbons (Fsp3) is 0.375. The van der Waals surface area contributed by atoms with Gasteiger partial charge in [0.1, 0.15) is 11.6 Å². The molecular weight excluding hydrogens is 264 g/mol. The molecular formula is C16H22N4O. The second-order valence-corrected chi connectivity index (χ2v) is 5.24. The third-order valence-corrected chi connectivity index (χ3v) is 2.97. The van der Waals surface area contributed by atoms with E-state index in [1.165, 1.54) is 0 Å². The van der Waals surface area contributed by atoms with Gasteiger partial charge < -0.3 is 10.2 Å². The second kappa shape index (κ2) is 7.04. The molecule has 0 unspecified atom stereocenters. The van der Waals surface area contributed by atoms with E-state index in [0.717, 1.165) is 23.4 Å². The van der Waals surface area contributed by atoms with E-state index in [-0.39, 0.29) is 0 Å². The molecule has 0 aliphatic rings. The van der Waals surface area contributed by atoms with E-state index in [0.29, 0.717) is 24.2 Å². The Balaban J connectivity index is 2.47. The van der Waals surface area contributed by atoms with Crippen LogP contribution in [0.1, 0.15) is 26.5 Å². The lowest BCUT2D eigenvalue weighted by Gasteiger charge is -2.12. The number of nitrogens with two attached hydrogens (primary N) is 1. The van der Waals surface area contributed by atoms with Gasteiger partial charge in [-0.25, -0.2) is 15.8 Å². The summed E-state index contributed by atoms with van der Waals surface area (Å²) in [4.78, 5) is 9.09. The average molecular weight is 286 g/mol. The number of nitrogens with one attached hydrogen (secondary N) is 1. The van der Waals surface area contributed by atoms with Crippen molar-refractivity contribution in [2.75, 3.05) is 12.0 Å². The van der Waals surface area contributed by atoms with Crippen molar-refractivity contribution in [2.45, 2.75) is 27.2 Å². The highest BCUT2D eigenvalue weighted by Gasteiger charge is 2.12. The number of rotatable bonds is 6. The van der Waals surface area contributed by atoms with E-state index in [2.05, 4.69) is 29.2 Å². The Morgan fingerprint density at radius 2 is 2.00 bits per heavy atom. The van der Waals surface area contributed by atoms with E-state index in [4.69, 9.17) is 10.6 Å². The first-order chi connectivity index (χ1) is 10.1. The molecule has 0 aliphatic heterocycles. The molecule has 0 spiro atoms. The summed E-state index contributed by atoms with van der Waals surface area (Å²) in [6, 6.07) is 9.65. The number of hydrogen-bond donors (Lipinski definition) is 2.